The summed E-state index contributed by atoms with van der Waals surface area (Å²) >= 11 is 0. The summed E-state index contributed by atoms with van der Waals surface area (Å²) in [5.74, 6) is 0. The third kappa shape index (κ3) is 2.29. The summed E-state index contributed by atoms with van der Waals surface area (Å²) in [6, 6.07) is 5.82. The summed E-state index contributed by atoms with van der Waals surface area (Å²) in [4.78, 5) is 4.20. The molecular formula is C9H17N3. The molecule has 1 heterocycles. The molecule has 0 radical (unpaired) electrons. The molecule has 0 aliphatic rings. The molecule has 0 spiro atoms. The Bertz CT molecular complexity index is 218. The van der Waals surface area contributed by atoms with Crippen molar-refractivity contribution < 1.29 is 0 Å². The first-order valence-electron chi connectivity index (χ1n) is 3.87. The van der Waals surface area contributed by atoms with Crippen molar-refractivity contribution in [3.63, 3.8) is 0 Å². The van der Waals surface area contributed by atoms with Crippen molar-refractivity contribution in [2.24, 2.45) is 5.73 Å². The highest BCUT2D eigenvalue weighted by atomic mass is 14.8. The van der Waals surface area contributed by atoms with Gasteiger partial charge in [-0.15, -0.1) is 0 Å². The molecule has 1 unspecified atom stereocenters. The van der Waals surface area contributed by atoms with Gasteiger partial charge >= 0.3 is 0 Å². The van der Waals surface area contributed by atoms with Crippen LogP contribution in [0, 0.1) is 0 Å². The van der Waals surface area contributed by atoms with Crippen LogP contribution in [-0.2, 0) is 5.54 Å². The zero-order chi connectivity index (χ0) is 8.32. The number of aromatic nitrogens is 1. The fraction of sp³-hybridized carbons (Fsp3) is 0.444. The van der Waals surface area contributed by atoms with Gasteiger partial charge in [0.05, 0.1) is 11.2 Å². The number of hydrogen-bond acceptors (Lipinski definition) is 3. The standard InChI is InChI=1S/C9H14N2.H3N/c1-3-9(2,10)8-6-4-5-7-11-8;/h4-7H,3,10H2,1-2H3;1H3. The van der Waals surface area contributed by atoms with Crippen molar-refractivity contribution in [3.8, 4) is 0 Å². The van der Waals surface area contributed by atoms with Gasteiger partial charge in [-0.2, -0.15) is 0 Å². The van der Waals surface area contributed by atoms with E-state index >= 15 is 0 Å². The van der Waals surface area contributed by atoms with Crippen molar-refractivity contribution in [1.29, 1.82) is 0 Å². The minimum Gasteiger partial charge on any atom is -0.344 e. The summed E-state index contributed by atoms with van der Waals surface area (Å²) < 4.78 is 0. The molecule has 3 heteroatoms. The van der Waals surface area contributed by atoms with E-state index in [9.17, 15) is 0 Å². The maximum Gasteiger partial charge on any atom is 0.0599 e. The van der Waals surface area contributed by atoms with E-state index in [0.29, 0.717) is 0 Å². The smallest absolute Gasteiger partial charge is 0.0599 e. The van der Waals surface area contributed by atoms with Crippen molar-refractivity contribution in [2.75, 3.05) is 0 Å². The summed E-state index contributed by atoms with van der Waals surface area (Å²) in [6.07, 6.45) is 2.68. The van der Waals surface area contributed by atoms with Gasteiger partial charge in [0, 0.05) is 6.20 Å². The zero-order valence-corrected chi connectivity index (χ0v) is 7.75. The lowest BCUT2D eigenvalue weighted by Gasteiger charge is -2.21. The second kappa shape index (κ2) is 4.18. The van der Waals surface area contributed by atoms with Gasteiger partial charge in [-0.25, -0.2) is 0 Å². The Morgan fingerprint density at radius 1 is 1.50 bits per heavy atom. The van der Waals surface area contributed by atoms with Gasteiger partial charge in [0.2, 0.25) is 0 Å². The summed E-state index contributed by atoms with van der Waals surface area (Å²) in [5, 5.41) is 0. The Morgan fingerprint density at radius 3 is 2.58 bits per heavy atom. The Balaban J connectivity index is 0.00000121. The molecule has 0 amide bonds. The molecule has 0 aliphatic carbocycles. The Labute approximate surface area is 73.6 Å². The molecule has 12 heavy (non-hydrogen) atoms. The fourth-order valence-corrected chi connectivity index (χ4v) is 0.882. The number of nitrogens with two attached hydrogens (primary N) is 1. The number of hydrogen-bond donors (Lipinski definition) is 2. The van der Waals surface area contributed by atoms with Crippen LogP contribution in [0.4, 0.5) is 0 Å². The molecular weight excluding hydrogens is 150 g/mol. The minimum atomic E-state index is -0.277. The normalized spacial score (nSPS) is 14.6. The van der Waals surface area contributed by atoms with Crippen LogP contribution in [0.2, 0.25) is 0 Å². The van der Waals surface area contributed by atoms with Crippen molar-refractivity contribution in [3.05, 3.63) is 30.1 Å². The Kier molecular flexibility index (Phi) is 3.86. The first-order valence-corrected chi connectivity index (χ1v) is 3.87. The SMILES string of the molecule is CCC(C)(N)c1ccccn1.N. The zero-order valence-electron chi connectivity index (χ0n) is 7.75. The van der Waals surface area contributed by atoms with Gasteiger partial charge in [0.1, 0.15) is 0 Å². The van der Waals surface area contributed by atoms with Crippen LogP contribution in [0.5, 0.6) is 0 Å². The van der Waals surface area contributed by atoms with Crippen LogP contribution >= 0.6 is 0 Å². The highest BCUT2D eigenvalue weighted by Crippen LogP contribution is 2.17. The molecule has 1 aromatic rings. The first kappa shape index (κ1) is 11.1. The molecule has 1 atom stereocenters. The average molecular weight is 167 g/mol. The third-order valence-corrected chi connectivity index (χ3v) is 1.98. The van der Waals surface area contributed by atoms with Gasteiger partial charge in [0.25, 0.3) is 0 Å². The van der Waals surface area contributed by atoms with Crippen LogP contribution in [0.1, 0.15) is 26.0 Å². The van der Waals surface area contributed by atoms with Gasteiger partial charge in [-0.3, -0.25) is 4.98 Å². The van der Waals surface area contributed by atoms with E-state index in [-0.39, 0.29) is 11.7 Å². The molecule has 1 rings (SSSR count). The van der Waals surface area contributed by atoms with Crippen molar-refractivity contribution in [2.45, 2.75) is 25.8 Å². The number of rotatable bonds is 2. The van der Waals surface area contributed by atoms with E-state index in [1.807, 2.05) is 25.1 Å². The van der Waals surface area contributed by atoms with Crippen LogP contribution < -0.4 is 11.9 Å². The lowest BCUT2D eigenvalue weighted by molar-refractivity contribution is 0.462. The van der Waals surface area contributed by atoms with Crippen LogP contribution in [-0.4, -0.2) is 4.98 Å². The molecule has 1 aromatic heterocycles. The maximum absolute atomic E-state index is 5.97. The van der Waals surface area contributed by atoms with Gasteiger partial charge in [-0.1, -0.05) is 13.0 Å². The monoisotopic (exact) mass is 167 g/mol. The molecule has 0 fully saturated rings. The fourth-order valence-electron chi connectivity index (χ4n) is 0.882. The second-order valence-corrected chi connectivity index (χ2v) is 2.99. The second-order valence-electron chi connectivity index (χ2n) is 2.99. The van der Waals surface area contributed by atoms with E-state index in [2.05, 4.69) is 11.9 Å². The average Bonchev–Trinajstić information content (AvgIpc) is 2.06. The van der Waals surface area contributed by atoms with Gasteiger partial charge in [0.15, 0.2) is 0 Å². The van der Waals surface area contributed by atoms with E-state index < -0.39 is 0 Å². The molecule has 5 N–H and O–H groups in total. The van der Waals surface area contributed by atoms with Crippen LogP contribution in [0.25, 0.3) is 0 Å². The van der Waals surface area contributed by atoms with Crippen molar-refractivity contribution >= 4 is 0 Å². The topological polar surface area (TPSA) is 73.9 Å². The lowest BCUT2D eigenvalue weighted by atomic mass is 9.96. The summed E-state index contributed by atoms with van der Waals surface area (Å²) in [6.45, 7) is 4.06. The van der Waals surface area contributed by atoms with Gasteiger partial charge < -0.3 is 11.9 Å². The van der Waals surface area contributed by atoms with Crippen LogP contribution in [0.3, 0.4) is 0 Å². The third-order valence-electron chi connectivity index (χ3n) is 1.98. The van der Waals surface area contributed by atoms with E-state index in [4.69, 9.17) is 5.73 Å². The minimum absolute atomic E-state index is 0. The Hall–Kier alpha value is -0.930. The molecule has 0 saturated carbocycles. The quantitative estimate of drug-likeness (QED) is 0.705. The highest BCUT2D eigenvalue weighted by Gasteiger charge is 2.18. The van der Waals surface area contributed by atoms with E-state index in [1.54, 1.807) is 6.20 Å². The molecule has 0 aliphatic heterocycles. The highest BCUT2D eigenvalue weighted by molar-refractivity contribution is 5.12. The molecule has 68 valence electrons. The van der Waals surface area contributed by atoms with Gasteiger partial charge in [-0.05, 0) is 25.5 Å². The maximum atomic E-state index is 5.97. The largest absolute Gasteiger partial charge is 0.344 e. The van der Waals surface area contributed by atoms with Crippen LogP contribution in [0.15, 0.2) is 24.4 Å². The van der Waals surface area contributed by atoms with E-state index in [1.165, 1.54) is 0 Å². The molecule has 0 saturated heterocycles. The summed E-state index contributed by atoms with van der Waals surface area (Å²) in [5.41, 5.74) is 6.66. The Morgan fingerprint density at radius 2 is 2.17 bits per heavy atom. The van der Waals surface area contributed by atoms with Crippen molar-refractivity contribution in [1.82, 2.24) is 11.1 Å². The lowest BCUT2D eigenvalue weighted by Crippen LogP contribution is -2.32. The number of nitrogens with zero attached hydrogens (tertiary/aromatic N) is 1. The number of pyridine rings is 1. The molecule has 0 bridgehead atoms. The molecule has 0 aromatic carbocycles. The predicted molar refractivity (Wildman–Crippen MR) is 51.1 cm³/mol. The molecule has 3 nitrogen and oxygen atoms in total. The summed E-state index contributed by atoms with van der Waals surface area (Å²) in [7, 11) is 0. The van der Waals surface area contributed by atoms with E-state index in [0.717, 1.165) is 12.1 Å². The predicted octanol–water partition coefficient (Wildman–Crippen LogP) is 1.83. The first-order chi connectivity index (χ1) is 5.17.